The van der Waals surface area contributed by atoms with Crippen molar-refractivity contribution in [3.8, 4) is 0 Å². The number of carbonyl (C=O) groups excluding carboxylic acids is 1. The Balaban J connectivity index is 2.27. The summed E-state index contributed by atoms with van der Waals surface area (Å²) in [6.07, 6.45) is 0.514. The van der Waals surface area contributed by atoms with E-state index in [2.05, 4.69) is 23.6 Å². The average Bonchev–Trinajstić information content (AvgIpc) is 2.29. The molecule has 0 aromatic carbocycles. The van der Waals surface area contributed by atoms with E-state index in [0.717, 1.165) is 32.7 Å². The molecule has 0 spiro atoms. The summed E-state index contributed by atoms with van der Waals surface area (Å²) in [5.41, 5.74) is 0. The molecule has 1 heterocycles. The number of rotatable bonds is 5. The summed E-state index contributed by atoms with van der Waals surface area (Å²) in [5, 5.41) is 0. The van der Waals surface area contributed by atoms with Crippen LogP contribution < -0.4 is 0 Å². The Bertz CT molecular complexity index is 213. The predicted octanol–water partition coefficient (Wildman–Crippen LogP) is 0.966. The smallest absolute Gasteiger partial charge is 0.307 e. The van der Waals surface area contributed by atoms with Crippen LogP contribution in [0.25, 0.3) is 0 Å². The molecule has 1 aliphatic heterocycles. The second-order valence-corrected chi connectivity index (χ2v) is 4.33. The molecule has 1 rings (SSSR count). The van der Waals surface area contributed by atoms with Crippen molar-refractivity contribution in [1.82, 2.24) is 9.80 Å². The van der Waals surface area contributed by atoms with Crippen molar-refractivity contribution in [3.63, 3.8) is 0 Å². The van der Waals surface area contributed by atoms with Crippen LogP contribution in [0.2, 0.25) is 0 Å². The molecule has 4 nitrogen and oxygen atoms in total. The molecule has 0 aliphatic carbocycles. The molecule has 0 aromatic rings. The Hall–Kier alpha value is -0.610. The minimum Gasteiger partial charge on any atom is -0.466 e. The topological polar surface area (TPSA) is 32.8 Å². The van der Waals surface area contributed by atoms with Gasteiger partial charge in [0.15, 0.2) is 0 Å². The summed E-state index contributed by atoms with van der Waals surface area (Å²) in [6.45, 7) is 12.1. The molecule has 0 N–H and O–H groups in total. The predicted molar refractivity (Wildman–Crippen MR) is 64.4 cm³/mol. The van der Waals surface area contributed by atoms with E-state index in [1.807, 2.05) is 6.92 Å². The van der Waals surface area contributed by atoms with Crippen molar-refractivity contribution in [2.45, 2.75) is 33.2 Å². The van der Waals surface area contributed by atoms with Crippen LogP contribution >= 0.6 is 0 Å². The summed E-state index contributed by atoms with van der Waals surface area (Å²) >= 11 is 0. The van der Waals surface area contributed by atoms with Gasteiger partial charge in [0.25, 0.3) is 0 Å². The zero-order valence-electron chi connectivity index (χ0n) is 10.7. The Morgan fingerprint density at radius 1 is 1.25 bits per heavy atom. The van der Waals surface area contributed by atoms with Gasteiger partial charge in [-0.15, -0.1) is 0 Å². The van der Waals surface area contributed by atoms with Gasteiger partial charge in [-0.3, -0.25) is 9.69 Å². The quantitative estimate of drug-likeness (QED) is 0.656. The summed E-state index contributed by atoms with van der Waals surface area (Å²) in [7, 11) is 0. The van der Waals surface area contributed by atoms with E-state index in [9.17, 15) is 4.79 Å². The third-order valence-corrected chi connectivity index (χ3v) is 3.24. The maximum Gasteiger partial charge on any atom is 0.307 e. The fourth-order valence-electron chi connectivity index (χ4n) is 2.11. The van der Waals surface area contributed by atoms with E-state index in [0.29, 0.717) is 19.1 Å². The largest absolute Gasteiger partial charge is 0.466 e. The van der Waals surface area contributed by atoms with Crippen molar-refractivity contribution in [3.05, 3.63) is 0 Å². The molecular formula is C12H24N2O2. The number of piperazine rings is 1. The van der Waals surface area contributed by atoms with Crippen LogP contribution in [0.15, 0.2) is 0 Å². The fraction of sp³-hybridized carbons (Fsp3) is 0.917. The van der Waals surface area contributed by atoms with Crippen LogP contribution in [0.3, 0.4) is 0 Å². The van der Waals surface area contributed by atoms with E-state index in [1.165, 1.54) is 0 Å². The first-order valence-corrected chi connectivity index (χ1v) is 6.29. The average molecular weight is 228 g/mol. The molecule has 4 heteroatoms. The first kappa shape index (κ1) is 13.5. The maximum absolute atomic E-state index is 11.4. The summed E-state index contributed by atoms with van der Waals surface area (Å²) < 4.78 is 4.97. The number of hydrogen-bond donors (Lipinski definition) is 0. The molecule has 1 fully saturated rings. The van der Waals surface area contributed by atoms with Crippen molar-refractivity contribution < 1.29 is 9.53 Å². The lowest BCUT2D eigenvalue weighted by Gasteiger charge is -2.37. The Labute approximate surface area is 98.5 Å². The third-order valence-electron chi connectivity index (χ3n) is 3.24. The van der Waals surface area contributed by atoms with E-state index in [-0.39, 0.29) is 5.97 Å². The van der Waals surface area contributed by atoms with Gasteiger partial charge in [0.2, 0.25) is 0 Å². The molecule has 1 aliphatic rings. The molecule has 1 unspecified atom stereocenters. The van der Waals surface area contributed by atoms with E-state index < -0.39 is 0 Å². The normalized spacial score (nSPS) is 20.7. The Kier molecular flexibility index (Phi) is 5.77. The molecule has 0 saturated carbocycles. The molecule has 1 saturated heterocycles. The number of carbonyl (C=O) groups is 1. The minimum atomic E-state index is -0.0760. The van der Waals surface area contributed by atoms with Gasteiger partial charge in [0.1, 0.15) is 0 Å². The fourth-order valence-corrected chi connectivity index (χ4v) is 2.11. The molecule has 94 valence electrons. The molecule has 0 radical (unpaired) electrons. The lowest BCUT2D eigenvalue weighted by atomic mass is 10.1. The van der Waals surface area contributed by atoms with Crippen molar-refractivity contribution in [1.29, 1.82) is 0 Å². The lowest BCUT2D eigenvalue weighted by molar-refractivity contribution is -0.144. The highest BCUT2D eigenvalue weighted by atomic mass is 16.5. The van der Waals surface area contributed by atoms with E-state index in [1.54, 1.807) is 0 Å². The van der Waals surface area contributed by atoms with Gasteiger partial charge in [-0.05, 0) is 20.4 Å². The second kappa shape index (κ2) is 6.86. The summed E-state index contributed by atoms with van der Waals surface area (Å²) in [5.74, 6) is -0.0760. The van der Waals surface area contributed by atoms with Gasteiger partial charge in [0, 0.05) is 32.2 Å². The van der Waals surface area contributed by atoms with Crippen LogP contribution in [-0.4, -0.2) is 61.1 Å². The number of nitrogens with zero attached hydrogens (tertiary/aromatic N) is 2. The zero-order chi connectivity index (χ0) is 12.0. The minimum absolute atomic E-state index is 0.0760. The number of esters is 1. The highest BCUT2D eigenvalue weighted by Crippen LogP contribution is 2.09. The Morgan fingerprint density at radius 2 is 1.88 bits per heavy atom. The zero-order valence-corrected chi connectivity index (χ0v) is 10.7. The number of hydrogen-bond acceptors (Lipinski definition) is 4. The van der Waals surface area contributed by atoms with Crippen LogP contribution in [0.4, 0.5) is 0 Å². The maximum atomic E-state index is 11.4. The highest BCUT2D eigenvalue weighted by molar-refractivity contribution is 5.70. The molecular weight excluding hydrogens is 204 g/mol. The highest BCUT2D eigenvalue weighted by Gasteiger charge is 2.22. The summed E-state index contributed by atoms with van der Waals surface area (Å²) in [6, 6.07) is 0.304. The van der Waals surface area contributed by atoms with Crippen LogP contribution in [-0.2, 0) is 9.53 Å². The first-order valence-electron chi connectivity index (χ1n) is 6.29. The van der Waals surface area contributed by atoms with Gasteiger partial charge >= 0.3 is 5.97 Å². The number of likely N-dealkylation sites (N-methyl/N-ethyl adjacent to an activating group) is 1. The van der Waals surface area contributed by atoms with E-state index in [4.69, 9.17) is 4.74 Å². The lowest BCUT2D eigenvalue weighted by Crippen LogP contribution is -2.49. The molecule has 0 amide bonds. The van der Waals surface area contributed by atoms with Crippen molar-refractivity contribution in [2.75, 3.05) is 39.3 Å². The van der Waals surface area contributed by atoms with Crippen molar-refractivity contribution >= 4 is 5.97 Å². The molecule has 16 heavy (non-hydrogen) atoms. The van der Waals surface area contributed by atoms with Crippen LogP contribution in [0.5, 0.6) is 0 Å². The first-order chi connectivity index (χ1) is 7.67. The monoisotopic (exact) mass is 228 g/mol. The summed E-state index contributed by atoms with van der Waals surface area (Å²) in [4.78, 5) is 16.2. The van der Waals surface area contributed by atoms with Crippen LogP contribution in [0.1, 0.15) is 27.2 Å². The molecule has 0 bridgehead atoms. The molecule has 0 aromatic heterocycles. The molecule has 1 atom stereocenters. The van der Waals surface area contributed by atoms with Crippen LogP contribution in [0, 0.1) is 0 Å². The standard InChI is InChI=1S/C12H24N2O2/c1-4-13-6-8-14(9-7-13)11(3)10-12(15)16-5-2/h11H,4-10H2,1-3H3. The van der Waals surface area contributed by atoms with Gasteiger partial charge in [0.05, 0.1) is 13.0 Å². The van der Waals surface area contributed by atoms with Gasteiger partial charge in [-0.1, -0.05) is 6.92 Å². The third kappa shape index (κ3) is 4.10. The van der Waals surface area contributed by atoms with Gasteiger partial charge in [-0.2, -0.15) is 0 Å². The number of ether oxygens (including phenoxy) is 1. The van der Waals surface area contributed by atoms with Crippen molar-refractivity contribution in [2.24, 2.45) is 0 Å². The van der Waals surface area contributed by atoms with Gasteiger partial charge in [-0.25, -0.2) is 0 Å². The second-order valence-electron chi connectivity index (χ2n) is 4.33. The SMILES string of the molecule is CCOC(=O)CC(C)N1CCN(CC)CC1. The van der Waals surface area contributed by atoms with Gasteiger partial charge < -0.3 is 9.64 Å². The van der Waals surface area contributed by atoms with E-state index >= 15 is 0 Å². The Morgan fingerprint density at radius 3 is 2.38 bits per heavy atom.